The van der Waals surface area contributed by atoms with E-state index in [-0.39, 0.29) is 11.7 Å². The number of nitrogens with zero attached hydrogens (tertiary/aromatic N) is 1. The van der Waals surface area contributed by atoms with E-state index in [9.17, 15) is 9.50 Å². The number of ether oxygens (including phenoxy) is 1. The topological polar surface area (TPSA) is 58.1 Å². The number of aliphatic hydroxyl groups excluding tert-OH is 1. The van der Waals surface area contributed by atoms with Gasteiger partial charge in [0.1, 0.15) is 17.3 Å². The monoisotopic (exact) mass is 320 g/mol. The van der Waals surface area contributed by atoms with Crippen molar-refractivity contribution >= 4 is 0 Å². The lowest BCUT2D eigenvalue weighted by Crippen LogP contribution is -2.28. The number of aromatic nitrogens is 2. The predicted octanol–water partition coefficient (Wildman–Crippen LogP) is 4.65. The Morgan fingerprint density at radius 1 is 1.43 bits per heavy atom. The molecule has 4 nitrogen and oxygen atoms in total. The Morgan fingerprint density at radius 3 is 2.83 bits per heavy atom. The minimum atomic E-state index is -0.978. The maximum atomic E-state index is 14.3. The van der Waals surface area contributed by atoms with Gasteiger partial charge in [-0.15, -0.1) is 0 Å². The molecular weight excluding hydrogens is 295 g/mol. The van der Waals surface area contributed by atoms with Gasteiger partial charge in [-0.2, -0.15) is 0 Å². The average molecular weight is 320 g/mol. The molecule has 0 saturated heterocycles. The third-order valence-corrected chi connectivity index (χ3v) is 5.34. The van der Waals surface area contributed by atoms with Gasteiger partial charge in [0, 0.05) is 30.1 Å². The van der Waals surface area contributed by atoms with Crippen molar-refractivity contribution in [1.82, 2.24) is 9.97 Å². The fourth-order valence-corrected chi connectivity index (χ4v) is 3.58. The van der Waals surface area contributed by atoms with E-state index in [1.54, 1.807) is 13.2 Å². The first-order valence-corrected chi connectivity index (χ1v) is 8.42. The zero-order valence-electron chi connectivity index (χ0n) is 13.8. The van der Waals surface area contributed by atoms with Crippen LogP contribution in [0.15, 0.2) is 29.9 Å². The standard InChI is InChI=1S/C18H25FN2O2/c1-3-18(19)8-6-12(7-9-18)17-20-11-14(21-17)13-4-5-15(22)16(10-13)23-2/h4-5,11-13,22H,3,6-10H2,1-2H3,(H,20,21). The number of hydrogen-bond donors (Lipinski definition) is 2. The van der Waals surface area contributed by atoms with Gasteiger partial charge in [0.05, 0.1) is 7.11 Å². The minimum Gasteiger partial charge on any atom is -0.504 e. The number of alkyl halides is 1. The van der Waals surface area contributed by atoms with Crippen molar-refractivity contribution in [2.24, 2.45) is 0 Å². The van der Waals surface area contributed by atoms with E-state index in [0.29, 0.717) is 37.4 Å². The molecule has 1 saturated carbocycles. The lowest BCUT2D eigenvalue weighted by Gasteiger charge is -2.32. The van der Waals surface area contributed by atoms with E-state index in [1.165, 1.54) is 0 Å². The van der Waals surface area contributed by atoms with E-state index in [0.717, 1.165) is 24.4 Å². The Morgan fingerprint density at radius 2 is 2.17 bits per heavy atom. The van der Waals surface area contributed by atoms with Crippen molar-refractivity contribution in [3.63, 3.8) is 0 Å². The third-order valence-electron chi connectivity index (χ3n) is 5.34. The van der Waals surface area contributed by atoms with Crippen molar-refractivity contribution in [3.8, 4) is 0 Å². The normalized spacial score (nSPS) is 31.4. The van der Waals surface area contributed by atoms with Crippen LogP contribution in [0.3, 0.4) is 0 Å². The van der Waals surface area contributed by atoms with Crippen molar-refractivity contribution in [2.45, 2.75) is 63.0 Å². The van der Waals surface area contributed by atoms with E-state index in [2.05, 4.69) is 9.97 Å². The highest BCUT2D eigenvalue weighted by atomic mass is 19.1. The molecule has 1 fully saturated rings. The van der Waals surface area contributed by atoms with Crippen molar-refractivity contribution in [1.29, 1.82) is 0 Å². The van der Waals surface area contributed by atoms with Crippen LogP contribution < -0.4 is 0 Å². The zero-order valence-corrected chi connectivity index (χ0v) is 13.8. The molecule has 0 spiro atoms. The summed E-state index contributed by atoms with van der Waals surface area (Å²) in [6.07, 6.45) is 9.66. The molecule has 3 rings (SSSR count). The Hall–Kier alpha value is -1.78. The van der Waals surface area contributed by atoms with Gasteiger partial charge in [-0.1, -0.05) is 13.0 Å². The number of H-pyrrole nitrogens is 1. The van der Waals surface area contributed by atoms with Gasteiger partial charge in [0.15, 0.2) is 5.76 Å². The molecule has 0 aliphatic heterocycles. The third kappa shape index (κ3) is 3.28. The van der Waals surface area contributed by atoms with Gasteiger partial charge in [0.25, 0.3) is 0 Å². The van der Waals surface area contributed by atoms with Crippen molar-refractivity contribution in [3.05, 3.63) is 41.4 Å². The lowest BCUT2D eigenvalue weighted by molar-refractivity contribution is 0.0928. The molecular formula is C18H25FN2O2. The highest BCUT2D eigenvalue weighted by Gasteiger charge is 2.35. The summed E-state index contributed by atoms with van der Waals surface area (Å²) in [6.45, 7) is 1.93. The Balaban J connectivity index is 1.67. The molecule has 0 radical (unpaired) electrons. The number of nitrogens with one attached hydrogen (secondary N) is 1. The fraction of sp³-hybridized carbons (Fsp3) is 0.611. The largest absolute Gasteiger partial charge is 0.504 e. The number of halogens is 1. The first kappa shape index (κ1) is 16.1. The Kier molecular flexibility index (Phi) is 4.46. The average Bonchev–Trinajstić information content (AvgIpc) is 3.06. The summed E-state index contributed by atoms with van der Waals surface area (Å²) in [5.41, 5.74) is 0.0409. The van der Waals surface area contributed by atoms with E-state index >= 15 is 0 Å². The second-order valence-electron chi connectivity index (χ2n) is 6.68. The molecule has 1 aromatic heterocycles. The van der Waals surface area contributed by atoms with Crippen LogP contribution in [-0.4, -0.2) is 27.9 Å². The zero-order chi connectivity index (χ0) is 16.4. The number of aromatic amines is 1. The van der Waals surface area contributed by atoms with Crippen molar-refractivity contribution < 1.29 is 14.2 Å². The number of aliphatic hydroxyl groups is 1. The van der Waals surface area contributed by atoms with E-state index in [1.807, 2.05) is 19.2 Å². The van der Waals surface area contributed by atoms with Gasteiger partial charge in [-0.25, -0.2) is 9.37 Å². The quantitative estimate of drug-likeness (QED) is 0.849. The van der Waals surface area contributed by atoms with Gasteiger partial charge >= 0.3 is 0 Å². The highest BCUT2D eigenvalue weighted by molar-refractivity contribution is 5.29. The first-order valence-electron chi connectivity index (χ1n) is 8.42. The first-order chi connectivity index (χ1) is 11.0. The van der Waals surface area contributed by atoms with Crippen molar-refractivity contribution in [2.75, 3.05) is 7.11 Å². The second-order valence-corrected chi connectivity index (χ2v) is 6.68. The number of rotatable bonds is 4. The number of allylic oxidation sites excluding steroid dienone is 3. The molecule has 0 bridgehead atoms. The van der Waals surface area contributed by atoms with Crippen LogP contribution in [0, 0.1) is 0 Å². The molecule has 5 heteroatoms. The summed E-state index contributed by atoms with van der Waals surface area (Å²) in [5, 5.41) is 9.72. The molecule has 23 heavy (non-hydrogen) atoms. The molecule has 0 aromatic carbocycles. The van der Waals surface area contributed by atoms with E-state index < -0.39 is 5.67 Å². The van der Waals surface area contributed by atoms with Gasteiger partial charge in [0.2, 0.25) is 0 Å². The maximum Gasteiger partial charge on any atom is 0.152 e. The molecule has 1 atom stereocenters. The van der Waals surface area contributed by atoms with Crippen LogP contribution in [0.4, 0.5) is 4.39 Å². The molecule has 1 aromatic rings. The molecule has 1 heterocycles. The van der Waals surface area contributed by atoms with Gasteiger partial charge in [-0.3, -0.25) is 0 Å². The second kappa shape index (κ2) is 6.38. The number of methoxy groups -OCH3 is 1. The summed E-state index contributed by atoms with van der Waals surface area (Å²) in [4.78, 5) is 7.94. The smallest absolute Gasteiger partial charge is 0.152 e. The molecule has 2 aliphatic carbocycles. The van der Waals surface area contributed by atoms with Gasteiger partial charge in [-0.05, 0) is 38.2 Å². The molecule has 0 amide bonds. The summed E-state index contributed by atoms with van der Waals surface area (Å²) in [5.74, 6) is 2.19. The van der Waals surface area contributed by atoms with Gasteiger partial charge < -0.3 is 14.8 Å². The van der Waals surface area contributed by atoms with Crippen LogP contribution in [-0.2, 0) is 4.74 Å². The van der Waals surface area contributed by atoms with E-state index in [4.69, 9.17) is 4.74 Å². The number of imidazole rings is 1. The van der Waals surface area contributed by atoms with Crippen LogP contribution in [0.2, 0.25) is 0 Å². The number of hydrogen-bond acceptors (Lipinski definition) is 3. The highest BCUT2D eigenvalue weighted by Crippen LogP contribution is 2.41. The summed E-state index contributed by atoms with van der Waals surface area (Å²) in [7, 11) is 1.57. The van der Waals surface area contributed by atoms with Crippen LogP contribution in [0.25, 0.3) is 0 Å². The fourth-order valence-electron chi connectivity index (χ4n) is 3.58. The Bertz CT molecular complexity index is 612. The SMILES string of the molecule is CCC1(F)CCC(c2ncc(C3C=CC(O)=C(OC)C3)[nH]2)CC1. The lowest BCUT2D eigenvalue weighted by atomic mass is 9.78. The Labute approximate surface area is 136 Å². The predicted molar refractivity (Wildman–Crippen MR) is 87.1 cm³/mol. The maximum absolute atomic E-state index is 14.3. The summed E-state index contributed by atoms with van der Waals surface area (Å²) < 4.78 is 19.5. The molecule has 2 aliphatic rings. The summed E-state index contributed by atoms with van der Waals surface area (Å²) in [6, 6.07) is 0. The van der Waals surface area contributed by atoms with Crippen LogP contribution in [0.5, 0.6) is 0 Å². The molecule has 2 N–H and O–H groups in total. The molecule has 1 unspecified atom stereocenters. The summed E-state index contributed by atoms with van der Waals surface area (Å²) >= 11 is 0. The minimum absolute atomic E-state index is 0.126. The molecule has 126 valence electrons. The van der Waals surface area contributed by atoms with Crippen LogP contribution in [0.1, 0.15) is 68.8 Å². The van der Waals surface area contributed by atoms with Crippen LogP contribution >= 0.6 is 0 Å².